The first kappa shape index (κ1) is 32.5. The zero-order valence-electron chi connectivity index (χ0n) is 26.2. The molecule has 0 saturated heterocycles. The predicted molar refractivity (Wildman–Crippen MR) is 162 cm³/mol. The molecule has 4 aliphatic rings. The van der Waals surface area contributed by atoms with E-state index in [1.54, 1.807) is 0 Å². The van der Waals surface area contributed by atoms with Gasteiger partial charge in [-0.25, -0.2) is 0 Å². The molecule has 41 heavy (non-hydrogen) atoms. The van der Waals surface area contributed by atoms with E-state index in [9.17, 15) is 24.6 Å². The van der Waals surface area contributed by atoms with Crippen LogP contribution in [0.3, 0.4) is 0 Å². The van der Waals surface area contributed by atoms with E-state index in [0.29, 0.717) is 32.1 Å². The smallest absolute Gasteiger partial charge is 0.316 e. The summed E-state index contributed by atoms with van der Waals surface area (Å²) in [6, 6.07) is -0.0375. The highest BCUT2D eigenvalue weighted by molar-refractivity contribution is 8.00. The molecule has 4 saturated carbocycles. The summed E-state index contributed by atoms with van der Waals surface area (Å²) in [5.41, 5.74) is -2.01. The van der Waals surface area contributed by atoms with Crippen molar-refractivity contribution in [1.29, 1.82) is 0 Å². The number of aliphatic hydroxyl groups excluding tert-OH is 2. The second-order valence-electron chi connectivity index (χ2n) is 15.2. The summed E-state index contributed by atoms with van der Waals surface area (Å²) in [5, 5.41) is 25.3. The van der Waals surface area contributed by atoms with Gasteiger partial charge in [0.15, 0.2) is 0 Å². The van der Waals surface area contributed by atoms with Gasteiger partial charge in [-0.3, -0.25) is 14.4 Å². The van der Waals surface area contributed by atoms with Crippen LogP contribution in [0.15, 0.2) is 12.7 Å². The van der Waals surface area contributed by atoms with Crippen molar-refractivity contribution in [2.24, 2.45) is 39.4 Å². The van der Waals surface area contributed by atoms with Crippen LogP contribution in [0.2, 0.25) is 0 Å². The van der Waals surface area contributed by atoms with Gasteiger partial charge < -0.3 is 20.3 Å². The summed E-state index contributed by atoms with van der Waals surface area (Å²) in [5.74, 6) is -0.202. The predicted octanol–water partition coefficient (Wildman–Crippen LogP) is 5.07. The van der Waals surface area contributed by atoms with Crippen LogP contribution in [-0.2, 0) is 19.1 Å². The van der Waals surface area contributed by atoms with E-state index in [2.05, 4.69) is 32.7 Å². The van der Waals surface area contributed by atoms with Gasteiger partial charge >= 0.3 is 5.97 Å². The lowest BCUT2D eigenvalue weighted by Gasteiger charge is -2.61. The van der Waals surface area contributed by atoms with Gasteiger partial charge in [-0.05, 0) is 62.2 Å². The van der Waals surface area contributed by atoms with Crippen molar-refractivity contribution >= 4 is 29.4 Å². The highest BCUT2D eigenvalue weighted by Gasteiger charge is 2.68. The number of esters is 1. The lowest BCUT2D eigenvalue weighted by molar-refractivity contribution is -0.205. The summed E-state index contributed by atoms with van der Waals surface area (Å²) in [4.78, 5) is 39.6. The largest absolute Gasteiger partial charge is 0.461 e. The summed E-state index contributed by atoms with van der Waals surface area (Å²) in [6.07, 6.45) is 5.41. The van der Waals surface area contributed by atoms with Gasteiger partial charge in [0.25, 0.3) is 0 Å². The van der Waals surface area contributed by atoms with Crippen LogP contribution in [0.25, 0.3) is 0 Å². The highest BCUT2D eigenvalue weighted by Crippen LogP contribution is 2.68. The van der Waals surface area contributed by atoms with Gasteiger partial charge in [-0.1, -0.05) is 54.5 Å². The molecular weight excluding hydrogens is 538 g/mol. The van der Waals surface area contributed by atoms with Gasteiger partial charge in [-0.15, -0.1) is 18.3 Å². The topological polar surface area (TPSA) is 113 Å². The van der Waals surface area contributed by atoms with E-state index in [1.165, 1.54) is 11.8 Å². The minimum atomic E-state index is -0.695. The zero-order chi connectivity index (χ0) is 30.5. The van der Waals surface area contributed by atoms with Crippen molar-refractivity contribution in [3.8, 4) is 0 Å². The van der Waals surface area contributed by atoms with E-state index in [-0.39, 0.29) is 57.9 Å². The second-order valence-corrected chi connectivity index (χ2v) is 16.4. The number of carbonyl (C=O) groups excluding carboxylic acids is 3. The fourth-order valence-corrected chi connectivity index (χ4v) is 9.84. The van der Waals surface area contributed by atoms with E-state index in [4.69, 9.17) is 4.74 Å². The molecule has 2 bridgehead atoms. The van der Waals surface area contributed by atoms with E-state index < -0.39 is 34.6 Å². The molecule has 4 aliphatic carbocycles. The molecule has 232 valence electrons. The Balaban J connectivity index is 1.53. The fourth-order valence-electron chi connectivity index (χ4n) is 8.69. The lowest BCUT2D eigenvalue weighted by atomic mass is 9.44. The molecule has 3 N–H and O–H groups in total. The minimum absolute atomic E-state index is 0.0134. The number of amides is 1. The molecule has 0 heterocycles. The number of hydrogen-bond donors (Lipinski definition) is 3. The van der Waals surface area contributed by atoms with Crippen LogP contribution in [0.1, 0.15) is 99.8 Å². The molecule has 1 amide bonds. The Morgan fingerprint density at radius 1 is 1.15 bits per heavy atom. The van der Waals surface area contributed by atoms with Crippen molar-refractivity contribution < 1.29 is 29.3 Å². The van der Waals surface area contributed by atoms with Gasteiger partial charge in [0, 0.05) is 39.9 Å². The third kappa shape index (κ3) is 5.78. The van der Waals surface area contributed by atoms with Crippen LogP contribution in [0.5, 0.6) is 0 Å². The quantitative estimate of drug-likeness (QED) is 0.292. The van der Waals surface area contributed by atoms with Crippen LogP contribution in [0.4, 0.5) is 0 Å². The maximum Gasteiger partial charge on any atom is 0.316 e. The Morgan fingerprint density at radius 2 is 1.83 bits per heavy atom. The molecule has 0 aliphatic heterocycles. The Kier molecular flexibility index (Phi) is 9.21. The Morgan fingerprint density at radius 3 is 2.46 bits per heavy atom. The molecule has 4 rings (SSSR count). The molecule has 0 spiro atoms. The van der Waals surface area contributed by atoms with Gasteiger partial charge in [0.1, 0.15) is 11.9 Å². The lowest BCUT2D eigenvalue weighted by Crippen LogP contribution is -2.63. The zero-order valence-corrected chi connectivity index (χ0v) is 27.0. The number of ether oxygens (including phenoxy) is 1. The minimum Gasteiger partial charge on any atom is -0.461 e. The molecule has 2 unspecified atom stereocenters. The molecule has 4 fully saturated rings. The number of thioether (sulfide) groups is 1. The van der Waals surface area contributed by atoms with Gasteiger partial charge in [0.05, 0.1) is 18.0 Å². The monoisotopic (exact) mass is 591 g/mol. The maximum absolute atomic E-state index is 13.6. The molecular formula is C33H53NO6S. The first-order valence-corrected chi connectivity index (χ1v) is 16.7. The number of aliphatic hydroxyl groups is 2. The number of hydrogen-bond acceptors (Lipinski definition) is 7. The van der Waals surface area contributed by atoms with Crippen molar-refractivity contribution in [3.05, 3.63) is 12.7 Å². The van der Waals surface area contributed by atoms with Gasteiger partial charge in [0.2, 0.25) is 5.91 Å². The Bertz CT molecular complexity index is 1040. The highest BCUT2D eigenvalue weighted by atomic mass is 32.2. The van der Waals surface area contributed by atoms with Gasteiger partial charge in [-0.2, -0.15) is 0 Å². The van der Waals surface area contributed by atoms with Crippen molar-refractivity contribution in [2.45, 2.75) is 129 Å². The van der Waals surface area contributed by atoms with Crippen LogP contribution in [0, 0.1) is 39.4 Å². The number of rotatable bonds is 6. The summed E-state index contributed by atoms with van der Waals surface area (Å²) >= 11 is 1.39. The Hall–Kier alpha value is -1.38. The molecule has 0 aromatic heterocycles. The standard InChI is InChI=1S/C33H53NO6S/c1-9-31(7)17-25(32(8)19(2)12-14-33(20(3)28(31)38)15-13-23(36)27(32)33)40-26(37)18-41-24-16-21(10-11-22(24)35)34-29(39)30(4,5)6/h9,19-22,24-25,27-28,35,38H,1,10-18H2,2-8H3,(H,34,39)/t19?,20-,21+,22-,24+,25+,27-,28-,31+,32-,33?/m0/s1. The normalized spacial score (nSPS) is 44.8. The van der Waals surface area contributed by atoms with Crippen molar-refractivity contribution in [1.82, 2.24) is 5.32 Å². The third-order valence-corrected chi connectivity index (χ3v) is 13.1. The number of nitrogens with one attached hydrogen (secondary N) is 1. The molecule has 8 heteroatoms. The fraction of sp³-hybridized carbons (Fsp3) is 0.848. The van der Waals surface area contributed by atoms with Crippen molar-refractivity contribution in [2.75, 3.05) is 5.75 Å². The van der Waals surface area contributed by atoms with E-state index in [1.807, 2.05) is 33.8 Å². The molecule has 0 radical (unpaired) electrons. The average Bonchev–Trinajstić information content (AvgIpc) is 3.26. The number of ketones is 1. The first-order chi connectivity index (χ1) is 19.0. The summed E-state index contributed by atoms with van der Waals surface area (Å²) in [7, 11) is 0. The van der Waals surface area contributed by atoms with Crippen LogP contribution < -0.4 is 5.32 Å². The van der Waals surface area contributed by atoms with Crippen LogP contribution >= 0.6 is 11.8 Å². The molecule has 11 atom stereocenters. The number of carbonyl (C=O) groups is 3. The average molecular weight is 592 g/mol. The SMILES string of the molecule is C=C[C@]1(C)C[C@@H](OC(=O)CS[C@@H]2C[C@H](NC(=O)C(C)(C)C)CC[C@@H]2O)[C@]2(C)C(C)CCC3(CCC(=O)[C@H]32)[C@@H](C)[C@@H]1O. The number of Topliss-reactive ketones (excluding diaryl/α,β-unsaturated/α-hetero) is 1. The molecule has 0 aromatic carbocycles. The third-order valence-electron chi connectivity index (χ3n) is 11.8. The second kappa shape index (κ2) is 11.6. The summed E-state index contributed by atoms with van der Waals surface area (Å²) in [6.45, 7) is 18.2. The summed E-state index contributed by atoms with van der Waals surface area (Å²) < 4.78 is 6.36. The van der Waals surface area contributed by atoms with Crippen LogP contribution in [-0.4, -0.2) is 63.2 Å². The van der Waals surface area contributed by atoms with E-state index in [0.717, 1.165) is 19.3 Å². The molecule has 7 nitrogen and oxygen atoms in total. The molecule has 0 aromatic rings. The van der Waals surface area contributed by atoms with Crippen molar-refractivity contribution in [3.63, 3.8) is 0 Å². The first-order valence-electron chi connectivity index (χ1n) is 15.6. The van der Waals surface area contributed by atoms with E-state index >= 15 is 0 Å². The maximum atomic E-state index is 13.6. The Labute approximate surface area is 251 Å².